The van der Waals surface area contributed by atoms with Gasteiger partial charge >= 0.3 is 0 Å². The van der Waals surface area contributed by atoms with Gasteiger partial charge in [0.25, 0.3) is 0 Å². The lowest BCUT2D eigenvalue weighted by Gasteiger charge is -2.30. The van der Waals surface area contributed by atoms with E-state index in [9.17, 15) is 5.11 Å². The first-order chi connectivity index (χ1) is 5.59. The minimum Gasteiger partial charge on any atom is -0.299 e. The number of rotatable bonds is 6. The maximum Gasteiger partial charge on any atom is 0.0822 e. The maximum absolute atomic E-state index is 10.2. The van der Waals surface area contributed by atoms with Crippen LogP contribution < -0.4 is 0 Å². The monoisotopic (exact) mass is 172 g/mol. The molecular formula is C10H22NO. The minimum atomic E-state index is 0.0734. The highest BCUT2D eigenvalue weighted by Gasteiger charge is 2.11. The van der Waals surface area contributed by atoms with Crippen LogP contribution in [0.2, 0.25) is 0 Å². The molecule has 0 aliphatic rings. The summed E-state index contributed by atoms with van der Waals surface area (Å²) in [5, 5.41) is 10.2. The SMILES string of the molecule is CC(C)N(CCCC[O])C(C)C. The summed E-state index contributed by atoms with van der Waals surface area (Å²) in [5.41, 5.74) is 0. The molecule has 0 aromatic rings. The molecule has 12 heavy (non-hydrogen) atoms. The lowest BCUT2D eigenvalue weighted by atomic mass is 10.2. The first-order valence-electron chi connectivity index (χ1n) is 4.93. The van der Waals surface area contributed by atoms with E-state index in [0.29, 0.717) is 12.1 Å². The largest absolute Gasteiger partial charge is 0.299 e. The van der Waals surface area contributed by atoms with Crippen LogP contribution in [0.4, 0.5) is 0 Å². The lowest BCUT2D eigenvalue weighted by molar-refractivity contribution is 0.150. The second kappa shape index (κ2) is 6.44. The second-order valence-electron chi connectivity index (χ2n) is 3.84. The molecule has 0 saturated heterocycles. The van der Waals surface area contributed by atoms with E-state index in [1.807, 2.05) is 0 Å². The smallest absolute Gasteiger partial charge is 0.0822 e. The van der Waals surface area contributed by atoms with Gasteiger partial charge in [-0.05, 0) is 47.1 Å². The average molecular weight is 172 g/mol. The van der Waals surface area contributed by atoms with Crippen LogP contribution >= 0.6 is 0 Å². The molecule has 2 nitrogen and oxygen atoms in total. The van der Waals surface area contributed by atoms with Crippen molar-refractivity contribution in [3.63, 3.8) is 0 Å². The molecule has 0 rings (SSSR count). The van der Waals surface area contributed by atoms with E-state index >= 15 is 0 Å². The first kappa shape index (κ1) is 11.9. The van der Waals surface area contributed by atoms with E-state index in [2.05, 4.69) is 32.6 Å². The van der Waals surface area contributed by atoms with E-state index in [4.69, 9.17) is 0 Å². The Balaban J connectivity index is 3.64. The Hall–Kier alpha value is -0.0800. The number of nitrogens with zero attached hydrogens (tertiary/aromatic N) is 1. The zero-order chi connectivity index (χ0) is 9.56. The van der Waals surface area contributed by atoms with Crippen LogP contribution in [0, 0.1) is 0 Å². The molecule has 0 unspecified atom stereocenters. The predicted molar refractivity (Wildman–Crippen MR) is 51.8 cm³/mol. The predicted octanol–water partition coefficient (Wildman–Crippen LogP) is 2.32. The lowest BCUT2D eigenvalue weighted by Crippen LogP contribution is -2.37. The van der Waals surface area contributed by atoms with Crippen molar-refractivity contribution in [1.29, 1.82) is 0 Å². The Kier molecular flexibility index (Phi) is 6.39. The van der Waals surface area contributed by atoms with Crippen molar-refractivity contribution in [2.75, 3.05) is 13.2 Å². The highest BCUT2D eigenvalue weighted by molar-refractivity contribution is 4.66. The number of hydrogen-bond donors (Lipinski definition) is 0. The van der Waals surface area contributed by atoms with Gasteiger partial charge in [-0.25, -0.2) is 5.11 Å². The van der Waals surface area contributed by atoms with Crippen molar-refractivity contribution < 1.29 is 5.11 Å². The van der Waals surface area contributed by atoms with E-state index in [1.54, 1.807) is 0 Å². The molecule has 0 spiro atoms. The second-order valence-corrected chi connectivity index (χ2v) is 3.84. The zero-order valence-corrected chi connectivity index (χ0v) is 8.84. The van der Waals surface area contributed by atoms with Crippen molar-refractivity contribution in [2.45, 2.75) is 52.6 Å². The van der Waals surface area contributed by atoms with Crippen LogP contribution in [-0.4, -0.2) is 30.1 Å². The Morgan fingerprint density at radius 3 is 1.83 bits per heavy atom. The number of unbranched alkanes of at least 4 members (excludes halogenated alkanes) is 1. The standard InChI is InChI=1S/C10H22NO/c1-9(2)11(10(3)4)7-5-6-8-12/h9-10H,5-8H2,1-4H3. The molecule has 0 N–H and O–H groups in total. The van der Waals surface area contributed by atoms with E-state index < -0.39 is 0 Å². The van der Waals surface area contributed by atoms with Gasteiger partial charge in [-0.1, -0.05) is 0 Å². The molecule has 0 aromatic heterocycles. The fourth-order valence-electron chi connectivity index (χ4n) is 1.51. The van der Waals surface area contributed by atoms with Gasteiger partial charge < -0.3 is 0 Å². The molecule has 0 bridgehead atoms. The molecule has 0 amide bonds. The first-order valence-corrected chi connectivity index (χ1v) is 4.93. The van der Waals surface area contributed by atoms with Crippen LogP contribution in [0.5, 0.6) is 0 Å². The van der Waals surface area contributed by atoms with Crippen molar-refractivity contribution in [3.8, 4) is 0 Å². The third-order valence-electron chi connectivity index (χ3n) is 2.14. The van der Waals surface area contributed by atoms with Crippen molar-refractivity contribution >= 4 is 0 Å². The van der Waals surface area contributed by atoms with Gasteiger partial charge in [0.1, 0.15) is 0 Å². The van der Waals surface area contributed by atoms with Crippen LogP contribution in [0.1, 0.15) is 40.5 Å². The topological polar surface area (TPSA) is 23.1 Å². The quantitative estimate of drug-likeness (QED) is 0.564. The molecule has 73 valence electrons. The fraction of sp³-hybridized carbons (Fsp3) is 1.00. The molecule has 0 heterocycles. The van der Waals surface area contributed by atoms with Gasteiger partial charge in [-0.2, -0.15) is 0 Å². The summed E-state index contributed by atoms with van der Waals surface area (Å²) in [6, 6.07) is 1.19. The Labute approximate surface area is 76.6 Å². The summed E-state index contributed by atoms with van der Waals surface area (Å²) in [5.74, 6) is 0. The van der Waals surface area contributed by atoms with E-state index in [1.165, 1.54) is 0 Å². The fourth-order valence-corrected chi connectivity index (χ4v) is 1.51. The van der Waals surface area contributed by atoms with Crippen molar-refractivity contribution in [3.05, 3.63) is 0 Å². The molecule has 0 saturated carbocycles. The Bertz CT molecular complexity index is 94.0. The van der Waals surface area contributed by atoms with Gasteiger partial charge in [0, 0.05) is 12.1 Å². The molecule has 1 radical (unpaired) electrons. The van der Waals surface area contributed by atoms with Crippen LogP contribution in [0.25, 0.3) is 0 Å². The average Bonchev–Trinajstić information content (AvgIpc) is 1.96. The molecule has 0 aliphatic carbocycles. The summed E-state index contributed by atoms with van der Waals surface area (Å²) in [6.45, 7) is 9.96. The van der Waals surface area contributed by atoms with E-state index in [-0.39, 0.29) is 6.61 Å². The van der Waals surface area contributed by atoms with Gasteiger partial charge in [0.15, 0.2) is 0 Å². The summed E-state index contributed by atoms with van der Waals surface area (Å²) >= 11 is 0. The van der Waals surface area contributed by atoms with Crippen molar-refractivity contribution in [2.24, 2.45) is 0 Å². The molecule has 2 heteroatoms. The van der Waals surface area contributed by atoms with Crippen LogP contribution in [0.15, 0.2) is 0 Å². The van der Waals surface area contributed by atoms with Gasteiger partial charge in [-0.3, -0.25) is 4.90 Å². The number of hydrogen-bond acceptors (Lipinski definition) is 1. The zero-order valence-electron chi connectivity index (χ0n) is 8.84. The molecule has 0 aliphatic heterocycles. The highest BCUT2D eigenvalue weighted by atomic mass is 16.2. The van der Waals surface area contributed by atoms with E-state index in [0.717, 1.165) is 19.4 Å². The third-order valence-corrected chi connectivity index (χ3v) is 2.14. The Morgan fingerprint density at radius 1 is 1.00 bits per heavy atom. The Morgan fingerprint density at radius 2 is 1.50 bits per heavy atom. The maximum atomic E-state index is 10.2. The van der Waals surface area contributed by atoms with Gasteiger partial charge in [0.05, 0.1) is 6.61 Å². The summed E-state index contributed by atoms with van der Waals surface area (Å²) in [6.07, 6.45) is 1.86. The minimum absolute atomic E-state index is 0.0734. The van der Waals surface area contributed by atoms with Crippen LogP contribution in [0.3, 0.4) is 0 Å². The summed E-state index contributed by atoms with van der Waals surface area (Å²) in [7, 11) is 0. The van der Waals surface area contributed by atoms with Crippen LogP contribution in [-0.2, 0) is 5.11 Å². The third kappa shape index (κ3) is 4.73. The van der Waals surface area contributed by atoms with Crippen molar-refractivity contribution in [1.82, 2.24) is 4.90 Å². The summed E-state index contributed by atoms with van der Waals surface area (Å²) in [4.78, 5) is 2.43. The summed E-state index contributed by atoms with van der Waals surface area (Å²) < 4.78 is 0. The van der Waals surface area contributed by atoms with Gasteiger partial charge in [-0.15, -0.1) is 0 Å². The highest BCUT2D eigenvalue weighted by Crippen LogP contribution is 2.06. The normalized spacial score (nSPS) is 12.0. The molecule has 0 aromatic carbocycles. The molecule has 0 fully saturated rings. The molecule has 0 atom stereocenters. The van der Waals surface area contributed by atoms with Gasteiger partial charge in [0.2, 0.25) is 0 Å². The molecular weight excluding hydrogens is 150 g/mol.